The lowest BCUT2D eigenvalue weighted by atomic mass is 10.1. The van der Waals surface area contributed by atoms with E-state index in [-0.39, 0.29) is 5.91 Å². The third kappa shape index (κ3) is 7.85. The zero-order chi connectivity index (χ0) is 8.69. The van der Waals surface area contributed by atoms with Gasteiger partial charge in [-0.2, -0.15) is 0 Å². The predicted octanol–water partition coefficient (Wildman–Crippen LogP) is 1.93. The monoisotopic (exact) mass is 221 g/mol. The summed E-state index contributed by atoms with van der Waals surface area (Å²) in [7, 11) is 0. The maximum atomic E-state index is 11.0. The molecule has 66 valence electrons. The van der Waals surface area contributed by atoms with E-state index in [0.29, 0.717) is 12.3 Å². The molecule has 0 aliphatic rings. The van der Waals surface area contributed by atoms with E-state index >= 15 is 0 Å². The lowest BCUT2D eigenvalue weighted by Crippen LogP contribution is -2.25. The Morgan fingerprint density at radius 1 is 1.55 bits per heavy atom. The topological polar surface area (TPSA) is 29.1 Å². The molecule has 0 unspecified atom stereocenters. The number of alkyl halides is 1. The number of amides is 1. The maximum absolute atomic E-state index is 11.0. The molecular weight excluding hydrogens is 206 g/mol. The van der Waals surface area contributed by atoms with E-state index in [4.69, 9.17) is 0 Å². The van der Waals surface area contributed by atoms with Gasteiger partial charge >= 0.3 is 0 Å². The van der Waals surface area contributed by atoms with Gasteiger partial charge in [-0.25, -0.2) is 0 Å². The van der Waals surface area contributed by atoms with Gasteiger partial charge in [-0.1, -0.05) is 29.8 Å². The summed E-state index contributed by atoms with van der Waals surface area (Å²) < 4.78 is 0. The molecule has 0 rings (SSSR count). The number of halogens is 1. The summed E-state index contributed by atoms with van der Waals surface area (Å²) in [5.74, 6) is 0.780. The second-order valence-electron chi connectivity index (χ2n) is 2.97. The van der Waals surface area contributed by atoms with Crippen molar-refractivity contribution in [3.63, 3.8) is 0 Å². The van der Waals surface area contributed by atoms with Gasteiger partial charge in [0, 0.05) is 18.3 Å². The number of rotatable bonds is 5. The molecule has 0 aliphatic carbocycles. The highest BCUT2D eigenvalue weighted by Gasteiger charge is 2.01. The van der Waals surface area contributed by atoms with Crippen LogP contribution in [0.4, 0.5) is 0 Å². The van der Waals surface area contributed by atoms with Crippen molar-refractivity contribution in [3.8, 4) is 0 Å². The number of carbonyl (C=O) groups is 1. The molecule has 1 N–H and O–H groups in total. The van der Waals surface area contributed by atoms with E-state index in [1.807, 2.05) is 0 Å². The van der Waals surface area contributed by atoms with Crippen LogP contribution in [0.3, 0.4) is 0 Å². The second kappa shape index (κ2) is 6.65. The van der Waals surface area contributed by atoms with Crippen LogP contribution in [-0.4, -0.2) is 17.8 Å². The van der Waals surface area contributed by atoms with Crippen molar-refractivity contribution in [2.24, 2.45) is 5.92 Å². The molecule has 0 bridgehead atoms. The maximum Gasteiger partial charge on any atom is 0.220 e. The Labute approximate surface area is 76.9 Å². The predicted molar refractivity (Wildman–Crippen MR) is 50.9 cm³/mol. The average Bonchev–Trinajstić information content (AvgIpc) is 1.97. The Bertz CT molecular complexity index is 115. The Morgan fingerprint density at radius 3 is 2.64 bits per heavy atom. The largest absolute Gasteiger partial charge is 0.355 e. The van der Waals surface area contributed by atoms with Gasteiger partial charge < -0.3 is 5.32 Å². The first-order chi connectivity index (χ1) is 5.16. The molecule has 0 radical (unpaired) electrons. The molecule has 1 amide bonds. The van der Waals surface area contributed by atoms with Gasteiger partial charge in [-0.15, -0.1) is 0 Å². The van der Waals surface area contributed by atoms with E-state index in [9.17, 15) is 4.79 Å². The number of hydrogen-bond acceptors (Lipinski definition) is 1. The first-order valence-corrected chi connectivity index (χ1v) is 5.11. The van der Waals surface area contributed by atoms with Crippen molar-refractivity contribution >= 4 is 21.8 Å². The van der Waals surface area contributed by atoms with E-state index in [1.165, 1.54) is 0 Å². The molecule has 0 atom stereocenters. The van der Waals surface area contributed by atoms with E-state index in [1.54, 1.807) is 0 Å². The summed E-state index contributed by atoms with van der Waals surface area (Å²) in [4.78, 5) is 11.0. The summed E-state index contributed by atoms with van der Waals surface area (Å²) >= 11 is 3.24. The zero-order valence-electron chi connectivity index (χ0n) is 7.19. The van der Waals surface area contributed by atoms with Gasteiger partial charge in [-0.05, 0) is 12.3 Å². The minimum atomic E-state index is 0.165. The highest BCUT2D eigenvalue weighted by atomic mass is 79.9. The van der Waals surface area contributed by atoms with Gasteiger partial charge in [0.2, 0.25) is 5.91 Å². The molecule has 0 aromatic heterocycles. The fourth-order valence-corrected chi connectivity index (χ4v) is 0.893. The van der Waals surface area contributed by atoms with E-state index < -0.39 is 0 Å². The third-order valence-electron chi connectivity index (χ3n) is 1.37. The summed E-state index contributed by atoms with van der Waals surface area (Å²) in [5, 5.41) is 3.64. The SMILES string of the molecule is CC(C)CCC(=O)NCCBr. The van der Waals surface area contributed by atoms with Crippen LogP contribution in [0.5, 0.6) is 0 Å². The zero-order valence-corrected chi connectivity index (χ0v) is 8.78. The molecule has 0 heterocycles. The molecule has 0 fully saturated rings. The van der Waals surface area contributed by atoms with Crippen molar-refractivity contribution in [3.05, 3.63) is 0 Å². The molecule has 0 aromatic carbocycles. The van der Waals surface area contributed by atoms with Crippen molar-refractivity contribution in [1.82, 2.24) is 5.32 Å². The highest BCUT2D eigenvalue weighted by molar-refractivity contribution is 9.09. The Morgan fingerprint density at radius 2 is 2.18 bits per heavy atom. The Hall–Kier alpha value is -0.0500. The van der Waals surface area contributed by atoms with Crippen LogP contribution in [0.2, 0.25) is 0 Å². The molecular formula is C8H16BrNO. The smallest absolute Gasteiger partial charge is 0.220 e. The molecule has 11 heavy (non-hydrogen) atoms. The van der Waals surface area contributed by atoms with Gasteiger partial charge in [-0.3, -0.25) is 4.79 Å². The van der Waals surface area contributed by atoms with Crippen LogP contribution in [0.15, 0.2) is 0 Å². The van der Waals surface area contributed by atoms with Crippen molar-refractivity contribution in [2.45, 2.75) is 26.7 Å². The molecule has 0 spiro atoms. The minimum Gasteiger partial charge on any atom is -0.355 e. The summed E-state index contributed by atoms with van der Waals surface area (Å²) in [6.07, 6.45) is 1.64. The summed E-state index contributed by atoms with van der Waals surface area (Å²) in [6.45, 7) is 4.98. The first-order valence-electron chi connectivity index (χ1n) is 3.99. The highest BCUT2D eigenvalue weighted by Crippen LogP contribution is 2.02. The summed E-state index contributed by atoms with van der Waals surface area (Å²) in [5.41, 5.74) is 0. The fourth-order valence-electron chi connectivity index (χ4n) is 0.695. The van der Waals surface area contributed by atoms with E-state index in [0.717, 1.165) is 18.3 Å². The van der Waals surface area contributed by atoms with Gasteiger partial charge in [0.1, 0.15) is 0 Å². The number of carbonyl (C=O) groups excluding carboxylic acids is 1. The first kappa shape index (κ1) is 11.0. The second-order valence-corrected chi connectivity index (χ2v) is 3.76. The van der Waals surface area contributed by atoms with Crippen LogP contribution >= 0.6 is 15.9 Å². The minimum absolute atomic E-state index is 0.165. The molecule has 0 aromatic rings. The van der Waals surface area contributed by atoms with Gasteiger partial charge in [0.15, 0.2) is 0 Å². The molecule has 0 saturated carbocycles. The molecule has 0 aliphatic heterocycles. The fraction of sp³-hybridized carbons (Fsp3) is 0.875. The van der Waals surface area contributed by atoms with Gasteiger partial charge in [0.25, 0.3) is 0 Å². The summed E-state index contributed by atoms with van der Waals surface area (Å²) in [6, 6.07) is 0. The van der Waals surface area contributed by atoms with Crippen molar-refractivity contribution < 1.29 is 4.79 Å². The van der Waals surface area contributed by atoms with Crippen molar-refractivity contribution in [1.29, 1.82) is 0 Å². The normalized spacial score (nSPS) is 10.2. The van der Waals surface area contributed by atoms with Crippen LogP contribution in [0, 0.1) is 5.92 Å². The van der Waals surface area contributed by atoms with Crippen LogP contribution in [0.25, 0.3) is 0 Å². The lowest BCUT2D eigenvalue weighted by molar-refractivity contribution is -0.121. The lowest BCUT2D eigenvalue weighted by Gasteiger charge is -2.04. The average molecular weight is 222 g/mol. The molecule has 3 heteroatoms. The van der Waals surface area contributed by atoms with Crippen LogP contribution < -0.4 is 5.32 Å². The van der Waals surface area contributed by atoms with Crippen molar-refractivity contribution in [2.75, 3.05) is 11.9 Å². The Balaban J connectivity index is 3.23. The third-order valence-corrected chi connectivity index (χ3v) is 1.76. The molecule has 0 saturated heterocycles. The number of nitrogens with one attached hydrogen (secondary N) is 1. The standard InChI is InChI=1S/C8H16BrNO/c1-7(2)3-4-8(11)10-6-5-9/h7H,3-6H2,1-2H3,(H,10,11). The Kier molecular flexibility index (Phi) is 6.62. The van der Waals surface area contributed by atoms with Crippen LogP contribution in [-0.2, 0) is 4.79 Å². The molecule has 2 nitrogen and oxygen atoms in total. The number of hydrogen-bond donors (Lipinski definition) is 1. The van der Waals surface area contributed by atoms with Gasteiger partial charge in [0.05, 0.1) is 0 Å². The van der Waals surface area contributed by atoms with Crippen LogP contribution in [0.1, 0.15) is 26.7 Å². The quantitative estimate of drug-likeness (QED) is 0.707. The van der Waals surface area contributed by atoms with E-state index in [2.05, 4.69) is 35.1 Å².